The van der Waals surface area contributed by atoms with Crippen LogP contribution in [0.25, 0.3) is 0 Å². The fourth-order valence-corrected chi connectivity index (χ4v) is 3.56. The molecular formula is C16H17N3O3S2. The van der Waals surface area contributed by atoms with Crippen molar-refractivity contribution >= 4 is 45.1 Å². The topological polar surface area (TPSA) is 78.5 Å². The van der Waals surface area contributed by atoms with Crippen LogP contribution in [0.15, 0.2) is 53.4 Å². The van der Waals surface area contributed by atoms with E-state index in [2.05, 4.69) is 10.6 Å². The van der Waals surface area contributed by atoms with Crippen molar-refractivity contribution in [3.63, 3.8) is 0 Å². The smallest absolute Gasteiger partial charge is 0.264 e. The molecule has 0 aliphatic carbocycles. The van der Waals surface area contributed by atoms with Gasteiger partial charge in [0.05, 0.1) is 10.6 Å². The summed E-state index contributed by atoms with van der Waals surface area (Å²) < 4.78 is 26.7. The number of amides is 1. The Kier molecular flexibility index (Phi) is 5.53. The van der Waals surface area contributed by atoms with Crippen LogP contribution < -0.4 is 14.9 Å². The molecule has 2 aromatic carbocycles. The molecule has 6 nitrogen and oxygen atoms in total. The molecule has 0 heterocycles. The van der Waals surface area contributed by atoms with Crippen molar-refractivity contribution in [3.8, 4) is 0 Å². The Morgan fingerprint density at radius 3 is 2.33 bits per heavy atom. The van der Waals surface area contributed by atoms with Crippen LogP contribution in [0.1, 0.15) is 5.56 Å². The molecular weight excluding hydrogens is 346 g/mol. The number of hydrogen-bond donors (Lipinski definition) is 2. The predicted octanol–water partition coefficient (Wildman–Crippen LogP) is 2.26. The van der Waals surface area contributed by atoms with Gasteiger partial charge >= 0.3 is 0 Å². The summed E-state index contributed by atoms with van der Waals surface area (Å²) in [6.07, 6.45) is 0.464. The molecule has 2 aromatic rings. The molecule has 0 aliphatic rings. The third-order valence-corrected chi connectivity index (χ3v) is 5.42. The number of aryl methyl sites for hydroxylation is 1. The van der Waals surface area contributed by atoms with Crippen molar-refractivity contribution in [1.29, 1.82) is 0 Å². The summed E-state index contributed by atoms with van der Waals surface area (Å²) in [6.45, 7) is 1.86. The zero-order valence-corrected chi connectivity index (χ0v) is 14.8. The number of benzene rings is 2. The lowest BCUT2D eigenvalue weighted by Gasteiger charge is -2.21. The van der Waals surface area contributed by atoms with Gasteiger partial charge in [-0.25, -0.2) is 8.42 Å². The van der Waals surface area contributed by atoms with Crippen molar-refractivity contribution in [2.45, 2.75) is 11.8 Å². The summed E-state index contributed by atoms with van der Waals surface area (Å²) in [4.78, 5) is 10.5. The summed E-state index contributed by atoms with van der Waals surface area (Å²) in [5.41, 5.74) is 2.06. The van der Waals surface area contributed by atoms with Gasteiger partial charge < -0.3 is 10.6 Å². The Morgan fingerprint density at radius 1 is 1.12 bits per heavy atom. The van der Waals surface area contributed by atoms with Crippen molar-refractivity contribution in [2.75, 3.05) is 16.7 Å². The molecule has 0 fully saturated rings. The molecule has 0 spiro atoms. The predicted molar refractivity (Wildman–Crippen MR) is 98.6 cm³/mol. The number of sulfonamides is 1. The Balaban J connectivity index is 2.25. The molecule has 0 aromatic heterocycles. The van der Waals surface area contributed by atoms with Crippen LogP contribution in [0.5, 0.6) is 0 Å². The number of anilines is 2. The van der Waals surface area contributed by atoms with E-state index in [1.165, 1.54) is 23.5 Å². The SMILES string of the molecule is Cc1ccccc1N(C)S(=O)(=O)c1ccc(NC(=S)NC=O)cc1. The van der Waals surface area contributed by atoms with E-state index in [4.69, 9.17) is 12.2 Å². The van der Waals surface area contributed by atoms with Crippen LogP contribution in [-0.2, 0) is 14.8 Å². The van der Waals surface area contributed by atoms with E-state index in [9.17, 15) is 13.2 Å². The van der Waals surface area contributed by atoms with Gasteiger partial charge in [0.1, 0.15) is 0 Å². The second kappa shape index (κ2) is 7.41. The quantitative estimate of drug-likeness (QED) is 0.629. The largest absolute Gasteiger partial charge is 0.332 e. The van der Waals surface area contributed by atoms with Gasteiger partial charge in [-0.05, 0) is 55.0 Å². The Labute approximate surface area is 146 Å². The molecule has 0 radical (unpaired) electrons. The van der Waals surface area contributed by atoms with E-state index in [0.717, 1.165) is 5.56 Å². The summed E-state index contributed by atoms with van der Waals surface area (Å²) in [5.74, 6) is 0. The number of carbonyl (C=O) groups excluding carboxylic acids is 1. The molecule has 2 N–H and O–H groups in total. The monoisotopic (exact) mass is 363 g/mol. The normalized spacial score (nSPS) is 10.8. The van der Waals surface area contributed by atoms with Crippen molar-refractivity contribution < 1.29 is 13.2 Å². The summed E-state index contributed by atoms with van der Waals surface area (Å²) in [7, 11) is -2.15. The second-order valence-corrected chi connectivity index (χ2v) is 7.38. The first kappa shape index (κ1) is 17.9. The lowest BCUT2D eigenvalue weighted by molar-refractivity contribution is -0.108. The third kappa shape index (κ3) is 3.90. The molecule has 0 aliphatic heterocycles. The number of para-hydroxylation sites is 1. The Morgan fingerprint density at radius 2 is 1.75 bits per heavy atom. The second-order valence-electron chi connectivity index (χ2n) is 5.00. The molecule has 0 atom stereocenters. The fraction of sp³-hybridized carbons (Fsp3) is 0.125. The maximum Gasteiger partial charge on any atom is 0.264 e. The number of carbonyl (C=O) groups is 1. The van der Waals surface area contributed by atoms with Gasteiger partial charge in [0.2, 0.25) is 6.41 Å². The molecule has 126 valence electrons. The number of rotatable bonds is 5. The minimum absolute atomic E-state index is 0.137. The first-order valence-corrected chi connectivity index (χ1v) is 8.87. The maximum absolute atomic E-state index is 12.7. The van der Waals surface area contributed by atoms with Gasteiger partial charge in [0.25, 0.3) is 10.0 Å². The van der Waals surface area contributed by atoms with Crippen molar-refractivity contribution in [2.24, 2.45) is 0 Å². The first-order chi connectivity index (χ1) is 11.4. The van der Waals surface area contributed by atoms with Crippen LogP contribution >= 0.6 is 12.2 Å². The van der Waals surface area contributed by atoms with E-state index in [1.54, 1.807) is 24.3 Å². The standard InChI is InChI=1S/C16H17N3O3S2/c1-12-5-3-4-6-15(12)19(2)24(21,22)14-9-7-13(8-10-14)18-16(23)17-11-20/h3-11H,1-2H3,(H2,17,18,20,23). The molecule has 0 bridgehead atoms. The number of hydrogen-bond acceptors (Lipinski definition) is 4. The molecule has 8 heteroatoms. The van der Waals surface area contributed by atoms with Gasteiger partial charge in [-0.15, -0.1) is 0 Å². The average molecular weight is 363 g/mol. The molecule has 0 saturated heterocycles. The zero-order valence-electron chi connectivity index (χ0n) is 13.2. The van der Waals surface area contributed by atoms with Gasteiger partial charge in [0, 0.05) is 12.7 Å². The minimum atomic E-state index is -3.67. The highest BCUT2D eigenvalue weighted by Crippen LogP contribution is 2.25. The van der Waals surface area contributed by atoms with Gasteiger partial charge in [-0.2, -0.15) is 0 Å². The minimum Gasteiger partial charge on any atom is -0.332 e. The van der Waals surface area contributed by atoms with Gasteiger partial charge in [0.15, 0.2) is 5.11 Å². The van der Waals surface area contributed by atoms with Crippen LogP contribution in [0.2, 0.25) is 0 Å². The third-order valence-electron chi connectivity index (χ3n) is 3.42. The van der Waals surface area contributed by atoms with E-state index < -0.39 is 10.0 Å². The number of nitrogens with one attached hydrogen (secondary N) is 2. The molecule has 2 rings (SSSR count). The Bertz CT molecular complexity index is 849. The van der Waals surface area contributed by atoms with E-state index in [-0.39, 0.29) is 10.0 Å². The van der Waals surface area contributed by atoms with E-state index >= 15 is 0 Å². The summed E-state index contributed by atoms with van der Waals surface area (Å²) in [5, 5.41) is 5.21. The van der Waals surface area contributed by atoms with Crippen molar-refractivity contribution in [3.05, 3.63) is 54.1 Å². The molecule has 0 saturated carbocycles. The highest BCUT2D eigenvalue weighted by atomic mass is 32.2. The van der Waals surface area contributed by atoms with Crippen LogP contribution in [-0.4, -0.2) is 27.0 Å². The van der Waals surface area contributed by atoms with Crippen LogP contribution in [0.3, 0.4) is 0 Å². The summed E-state index contributed by atoms with van der Waals surface area (Å²) in [6, 6.07) is 13.4. The zero-order chi connectivity index (χ0) is 17.7. The molecule has 0 unspecified atom stereocenters. The first-order valence-electron chi connectivity index (χ1n) is 7.02. The lowest BCUT2D eigenvalue weighted by atomic mass is 10.2. The maximum atomic E-state index is 12.7. The van der Waals surface area contributed by atoms with Crippen LogP contribution in [0.4, 0.5) is 11.4 Å². The molecule has 24 heavy (non-hydrogen) atoms. The summed E-state index contributed by atoms with van der Waals surface area (Å²) >= 11 is 4.88. The van der Waals surface area contributed by atoms with E-state index in [0.29, 0.717) is 17.8 Å². The van der Waals surface area contributed by atoms with Gasteiger partial charge in [-0.1, -0.05) is 18.2 Å². The average Bonchev–Trinajstić information content (AvgIpc) is 2.55. The fourth-order valence-electron chi connectivity index (χ4n) is 2.14. The Hall–Kier alpha value is -2.45. The van der Waals surface area contributed by atoms with Crippen molar-refractivity contribution in [1.82, 2.24) is 5.32 Å². The highest BCUT2D eigenvalue weighted by molar-refractivity contribution is 7.92. The number of thiocarbonyl (C=S) groups is 1. The number of nitrogens with zero attached hydrogens (tertiary/aromatic N) is 1. The van der Waals surface area contributed by atoms with Crippen LogP contribution in [0, 0.1) is 6.92 Å². The molecule has 1 amide bonds. The highest BCUT2D eigenvalue weighted by Gasteiger charge is 2.22. The lowest BCUT2D eigenvalue weighted by Crippen LogP contribution is -2.28. The van der Waals surface area contributed by atoms with Gasteiger partial charge in [-0.3, -0.25) is 9.10 Å². The van der Waals surface area contributed by atoms with E-state index in [1.807, 2.05) is 19.1 Å².